The Morgan fingerprint density at radius 2 is 1.97 bits per heavy atom. The third kappa shape index (κ3) is 5.27. The van der Waals surface area contributed by atoms with Crippen LogP contribution in [-0.4, -0.2) is 39.8 Å². The summed E-state index contributed by atoms with van der Waals surface area (Å²) in [4.78, 5) is 20.8. The topological polar surface area (TPSA) is 94.0 Å². The normalized spacial score (nSPS) is 10.7. The highest BCUT2D eigenvalue weighted by Gasteiger charge is 2.14. The summed E-state index contributed by atoms with van der Waals surface area (Å²) in [6.45, 7) is 2.98. The van der Waals surface area contributed by atoms with Gasteiger partial charge in [0.05, 0.1) is 24.0 Å². The first-order valence-corrected chi connectivity index (χ1v) is 10.1. The molecule has 1 amide bonds. The number of anilines is 2. The van der Waals surface area contributed by atoms with Crippen molar-refractivity contribution < 1.29 is 9.53 Å². The first-order valence-electron chi connectivity index (χ1n) is 9.73. The van der Waals surface area contributed by atoms with Gasteiger partial charge in [0.1, 0.15) is 5.75 Å². The highest BCUT2D eigenvalue weighted by atomic mass is 35.5. The molecule has 2 aromatic heterocycles. The number of carbonyl (C=O) groups excluding carboxylic acids is 1. The number of methoxy groups -OCH3 is 1. The number of nitrogens with one attached hydrogen (secondary N) is 2. The number of nitrogens with zero attached hydrogens (tertiary/aromatic N) is 4. The van der Waals surface area contributed by atoms with Crippen LogP contribution in [0.15, 0.2) is 36.9 Å². The zero-order chi connectivity index (χ0) is 21.5. The third-order valence-corrected chi connectivity index (χ3v) is 4.98. The molecule has 2 N–H and O–H groups in total. The van der Waals surface area contributed by atoms with Crippen molar-refractivity contribution in [2.75, 3.05) is 19.5 Å². The molecule has 0 bridgehead atoms. The van der Waals surface area contributed by atoms with Gasteiger partial charge in [-0.15, -0.1) is 0 Å². The molecule has 0 spiro atoms. The number of rotatable bonds is 9. The molecule has 3 aromatic rings. The van der Waals surface area contributed by atoms with Crippen molar-refractivity contribution >= 4 is 29.1 Å². The molecule has 0 radical (unpaired) electrons. The largest absolute Gasteiger partial charge is 0.495 e. The Labute approximate surface area is 180 Å². The van der Waals surface area contributed by atoms with Gasteiger partial charge in [0, 0.05) is 37.7 Å². The van der Waals surface area contributed by atoms with Crippen molar-refractivity contribution in [1.82, 2.24) is 25.1 Å². The van der Waals surface area contributed by atoms with E-state index in [0.29, 0.717) is 35.1 Å². The van der Waals surface area contributed by atoms with Crippen LogP contribution in [0.25, 0.3) is 0 Å². The van der Waals surface area contributed by atoms with Gasteiger partial charge in [-0.05, 0) is 42.5 Å². The maximum atomic E-state index is 12.0. The second-order valence-electron chi connectivity index (χ2n) is 6.76. The molecule has 158 valence electrons. The molecule has 0 saturated heterocycles. The Balaban J connectivity index is 1.66. The summed E-state index contributed by atoms with van der Waals surface area (Å²) in [6.07, 6.45) is 9.55. The lowest BCUT2D eigenvalue weighted by Crippen LogP contribution is -2.18. The molecule has 0 aliphatic heterocycles. The fourth-order valence-electron chi connectivity index (χ4n) is 3.00. The van der Waals surface area contributed by atoms with Crippen molar-refractivity contribution in [3.8, 4) is 5.75 Å². The van der Waals surface area contributed by atoms with Crippen LogP contribution in [0.5, 0.6) is 5.75 Å². The van der Waals surface area contributed by atoms with E-state index in [9.17, 15) is 4.79 Å². The van der Waals surface area contributed by atoms with Gasteiger partial charge in [-0.1, -0.05) is 18.5 Å². The van der Waals surface area contributed by atoms with E-state index in [1.54, 1.807) is 37.8 Å². The number of carbonyl (C=O) groups is 1. The molecule has 30 heavy (non-hydrogen) atoms. The highest BCUT2D eigenvalue weighted by molar-refractivity contribution is 6.33. The Morgan fingerprint density at radius 3 is 2.63 bits per heavy atom. The zero-order valence-corrected chi connectivity index (χ0v) is 18.0. The van der Waals surface area contributed by atoms with Gasteiger partial charge in [0.2, 0.25) is 5.95 Å². The van der Waals surface area contributed by atoms with Crippen molar-refractivity contribution in [1.29, 1.82) is 0 Å². The summed E-state index contributed by atoms with van der Waals surface area (Å²) in [6, 6.07) is 3.42. The standard InChI is InChI=1S/C21H25ClN6O2/c1-4-7-28-13-17(12-26-28)27-21-24-10-14(11-25-21)5-6-15-8-16(20(29)23-2)9-18(30-3)19(15)22/h8-13H,4-7H2,1-3H3,(H,23,29)(H,24,25,27). The second kappa shape index (κ2) is 10.1. The quantitative estimate of drug-likeness (QED) is 0.540. The molecule has 0 unspecified atom stereocenters. The Bertz CT molecular complexity index is 1000. The number of halogens is 1. The average molecular weight is 429 g/mol. The van der Waals surface area contributed by atoms with Crippen LogP contribution in [-0.2, 0) is 19.4 Å². The minimum absolute atomic E-state index is 0.188. The lowest BCUT2D eigenvalue weighted by molar-refractivity contribution is 0.0962. The summed E-state index contributed by atoms with van der Waals surface area (Å²) in [5.74, 6) is 0.801. The van der Waals surface area contributed by atoms with Crippen molar-refractivity contribution in [2.45, 2.75) is 32.7 Å². The van der Waals surface area contributed by atoms with E-state index in [2.05, 4.69) is 32.6 Å². The average Bonchev–Trinajstić information content (AvgIpc) is 3.20. The molecular formula is C21H25ClN6O2. The summed E-state index contributed by atoms with van der Waals surface area (Å²) in [5.41, 5.74) is 3.15. The Morgan fingerprint density at radius 1 is 1.20 bits per heavy atom. The number of ether oxygens (including phenoxy) is 1. The van der Waals surface area contributed by atoms with Crippen LogP contribution in [0.1, 0.15) is 34.8 Å². The van der Waals surface area contributed by atoms with Crippen molar-refractivity contribution in [2.24, 2.45) is 0 Å². The Hall–Kier alpha value is -3.13. The third-order valence-electron chi connectivity index (χ3n) is 4.55. The van der Waals surface area contributed by atoms with Crippen LogP contribution >= 0.6 is 11.6 Å². The van der Waals surface area contributed by atoms with Gasteiger partial charge in [-0.2, -0.15) is 5.10 Å². The lowest BCUT2D eigenvalue weighted by Gasteiger charge is -2.12. The summed E-state index contributed by atoms with van der Waals surface area (Å²) < 4.78 is 7.19. The van der Waals surface area contributed by atoms with Crippen molar-refractivity contribution in [3.63, 3.8) is 0 Å². The van der Waals surface area contributed by atoms with Gasteiger partial charge in [-0.25, -0.2) is 9.97 Å². The molecule has 9 heteroatoms. The van der Waals surface area contributed by atoms with E-state index in [-0.39, 0.29) is 5.91 Å². The molecular weight excluding hydrogens is 404 g/mol. The number of amides is 1. The number of hydrogen-bond acceptors (Lipinski definition) is 6. The molecule has 8 nitrogen and oxygen atoms in total. The summed E-state index contributed by atoms with van der Waals surface area (Å²) >= 11 is 6.43. The lowest BCUT2D eigenvalue weighted by atomic mass is 10.0. The SMILES string of the molecule is CCCn1cc(Nc2ncc(CCc3cc(C(=O)NC)cc(OC)c3Cl)cn2)cn1. The van der Waals surface area contributed by atoms with Crippen LogP contribution in [0.2, 0.25) is 5.02 Å². The number of hydrogen-bond donors (Lipinski definition) is 2. The number of benzene rings is 1. The fraction of sp³-hybridized carbons (Fsp3) is 0.333. The second-order valence-corrected chi connectivity index (χ2v) is 7.14. The van der Waals surface area contributed by atoms with Crippen LogP contribution < -0.4 is 15.4 Å². The van der Waals surface area contributed by atoms with Gasteiger partial charge in [0.15, 0.2) is 0 Å². The van der Waals surface area contributed by atoms with E-state index in [4.69, 9.17) is 16.3 Å². The minimum atomic E-state index is -0.188. The van der Waals surface area contributed by atoms with Gasteiger partial charge in [-0.3, -0.25) is 9.48 Å². The number of aromatic nitrogens is 4. The van der Waals surface area contributed by atoms with Crippen LogP contribution in [0.4, 0.5) is 11.6 Å². The molecule has 0 aliphatic rings. The van der Waals surface area contributed by atoms with Gasteiger partial charge in [0.25, 0.3) is 5.91 Å². The van der Waals surface area contributed by atoms with E-state index < -0.39 is 0 Å². The smallest absolute Gasteiger partial charge is 0.251 e. The van der Waals surface area contributed by atoms with Gasteiger partial charge < -0.3 is 15.4 Å². The first-order chi connectivity index (χ1) is 14.5. The van der Waals surface area contributed by atoms with Gasteiger partial charge >= 0.3 is 0 Å². The molecule has 1 aromatic carbocycles. The molecule has 3 rings (SSSR count). The van der Waals surface area contributed by atoms with E-state index in [0.717, 1.165) is 29.8 Å². The maximum Gasteiger partial charge on any atom is 0.251 e. The highest BCUT2D eigenvalue weighted by Crippen LogP contribution is 2.31. The van der Waals surface area contributed by atoms with Crippen LogP contribution in [0.3, 0.4) is 0 Å². The van der Waals surface area contributed by atoms with Crippen LogP contribution in [0, 0.1) is 0 Å². The maximum absolute atomic E-state index is 12.0. The van der Waals surface area contributed by atoms with E-state index >= 15 is 0 Å². The first kappa shape index (κ1) is 21.6. The summed E-state index contributed by atoms with van der Waals surface area (Å²) in [5, 5.41) is 10.5. The van der Waals surface area contributed by atoms with E-state index in [1.807, 2.05) is 10.9 Å². The Kier molecular flexibility index (Phi) is 7.24. The molecule has 0 aliphatic carbocycles. The predicted octanol–water partition coefficient (Wildman–Crippen LogP) is 3.63. The van der Waals surface area contributed by atoms with E-state index in [1.165, 1.54) is 7.11 Å². The summed E-state index contributed by atoms with van der Waals surface area (Å²) in [7, 11) is 3.12. The van der Waals surface area contributed by atoms with Crippen molar-refractivity contribution in [3.05, 3.63) is 58.6 Å². The predicted molar refractivity (Wildman–Crippen MR) is 117 cm³/mol. The zero-order valence-electron chi connectivity index (χ0n) is 17.3. The molecule has 0 fully saturated rings. The molecule has 0 saturated carbocycles. The number of aryl methyl sites for hydroxylation is 3. The monoisotopic (exact) mass is 428 g/mol. The molecule has 0 atom stereocenters. The minimum Gasteiger partial charge on any atom is -0.495 e. The molecule has 2 heterocycles. The fourth-order valence-corrected chi connectivity index (χ4v) is 3.28.